The summed E-state index contributed by atoms with van der Waals surface area (Å²) in [6.45, 7) is 7.90. The zero-order valence-electron chi connectivity index (χ0n) is 34.8. The van der Waals surface area contributed by atoms with Crippen molar-refractivity contribution in [1.29, 1.82) is 0 Å². The fraction of sp³-hybridized carbons (Fsp3) is 0.319. The van der Waals surface area contributed by atoms with E-state index in [2.05, 4.69) is 63.4 Å². The standard InChI is InChI=1S/C47H50ClFN10O4/c48-39-4-1-2-5-41(39)54-45(62)33-6-12-34(13-7-33)51-43-40(49)30-50-47(56-43)53-35-14-8-32(9-15-35)44(61)52-36-20-24-57(25-21-36)22-3-23-58-26-28-59(29-27-58)37-16-10-31(11-17-37)38-18-19-42(60)55-46(38)63/h1-2,4-17,30,36,38H,3,18-29H2,(H,52,61)(H,54,62)(H,55,60,63)(H2,50,51,53,56). The molecule has 3 aliphatic rings. The zero-order valence-corrected chi connectivity index (χ0v) is 35.5. The second-order valence-corrected chi connectivity index (χ2v) is 16.5. The first-order valence-corrected chi connectivity index (χ1v) is 21.8. The van der Waals surface area contributed by atoms with Gasteiger partial charge >= 0.3 is 0 Å². The number of hydrogen-bond donors (Lipinski definition) is 5. The molecule has 1 aromatic heterocycles. The van der Waals surface area contributed by atoms with Crippen LogP contribution in [0.4, 0.5) is 38.9 Å². The Morgan fingerprint density at radius 3 is 2.05 bits per heavy atom. The first kappa shape index (κ1) is 43.2. The van der Waals surface area contributed by atoms with Gasteiger partial charge in [0.05, 0.1) is 22.8 Å². The predicted octanol–water partition coefficient (Wildman–Crippen LogP) is 6.94. The van der Waals surface area contributed by atoms with Crippen molar-refractivity contribution in [1.82, 2.24) is 30.4 Å². The van der Waals surface area contributed by atoms with E-state index in [1.807, 2.05) is 12.1 Å². The van der Waals surface area contributed by atoms with Crippen molar-refractivity contribution in [2.24, 2.45) is 0 Å². The number of nitrogens with one attached hydrogen (secondary N) is 5. The molecule has 1 unspecified atom stereocenters. The summed E-state index contributed by atoms with van der Waals surface area (Å²) in [5.74, 6) is -1.65. The Kier molecular flexibility index (Phi) is 13.8. The van der Waals surface area contributed by atoms with Gasteiger partial charge in [-0.2, -0.15) is 4.98 Å². The quantitative estimate of drug-likeness (QED) is 0.0736. The lowest BCUT2D eigenvalue weighted by atomic mass is 9.90. The fourth-order valence-corrected chi connectivity index (χ4v) is 8.38. The number of piperidine rings is 2. The van der Waals surface area contributed by atoms with Crippen molar-refractivity contribution in [2.75, 3.05) is 73.2 Å². The molecule has 4 amide bonds. The van der Waals surface area contributed by atoms with Crippen LogP contribution in [0, 0.1) is 5.82 Å². The first-order chi connectivity index (χ1) is 30.6. The van der Waals surface area contributed by atoms with Crippen LogP contribution in [0.15, 0.2) is 103 Å². The maximum atomic E-state index is 14.7. The third-order valence-corrected chi connectivity index (χ3v) is 12.2. The van der Waals surface area contributed by atoms with Crippen LogP contribution >= 0.6 is 11.6 Å². The molecule has 4 heterocycles. The van der Waals surface area contributed by atoms with Gasteiger partial charge in [0.15, 0.2) is 11.6 Å². The van der Waals surface area contributed by atoms with Gasteiger partial charge in [0, 0.05) is 79.9 Å². The molecule has 5 N–H and O–H groups in total. The Morgan fingerprint density at radius 1 is 0.746 bits per heavy atom. The highest BCUT2D eigenvalue weighted by molar-refractivity contribution is 6.33. The number of amides is 4. The first-order valence-electron chi connectivity index (χ1n) is 21.4. The highest BCUT2D eigenvalue weighted by Crippen LogP contribution is 2.28. The second kappa shape index (κ2) is 20.2. The van der Waals surface area contributed by atoms with E-state index in [-0.39, 0.29) is 47.4 Å². The average Bonchev–Trinajstić information content (AvgIpc) is 3.30. The van der Waals surface area contributed by atoms with Crippen LogP contribution in [0.25, 0.3) is 0 Å². The Labute approximate surface area is 370 Å². The molecule has 0 aliphatic carbocycles. The number of para-hydroxylation sites is 1. The van der Waals surface area contributed by atoms with E-state index in [0.29, 0.717) is 46.1 Å². The van der Waals surface area contributed by atoms with Crippen LogP contribution < -0.4 is 31.5 Å². The van der Waals surface area contributed by atoms with Gasteiger partial charge in [-0.25, -0.2) is 9.37 Å². The van der Waals surface area contributed by atoms with Crippen molar-refractivity contribution >= 4 is 69.7 Å². The van der Waals surface area contributed by atoms with Crippen LogP contribution in [-0.2, 0) is 9.59 Å². The summed E-state index contributed by atoms with van der Waals surface area (Å²) in [5.41, 5.74) is 4.71. The van der Waals surface area contributed by atoms with E-state index < -0.39 is 5.82 Å². The predicted molar refractivity (Wildman–Crippen MR) is 243 cm³/mol. The fourth-order valence-electron chi connectivity index (χ4n) is 8.19. The van der Waals surface area contributed by atoms with Crippen molar-refractivity contribution in [3.63, 3.8) is 0 Å². The lowest BCUT2D eigenvalue weighted by Crippen LogP contribution is -2.48. The molecule has 5 aromatic rings. The van der Waals surface area contributed by atoms with Crippen molar-refractivity contribution < 1.29 is 23.6 Å². The second-order valence-electron chi connectivity index (χ2n) is 16.1. The van der Waals surface area contributed by atoms with Crippen LogP contribution in [0.1, 0.15) is 64.3 Å². The number of piperazine rings is 1. The molecule has 16 heteroatoms. The Balaban J connectivity index is 0.724. The van der Waals surface area contributed by atoms with E-state index in [4.69, 9.17) is 11.6 Å². The van der Waals surface area contributed by atoms with Crippen molar-refractivity contribution in [2.45, 2.75) is 44.1 Å². The van der Waals surface area contributed by atoms with Crippen LogP contribution in [0.3, 0.4) is 0 Å². The maximum absolute atomic E-state index is 14.7. The minimum absolute atomic E-state index is 0.0490. The molecular weight excluding hydrogens is 823 g/mol. The van der Waals surface area contributed by atoms with E-state index in [1.54, 1.807) is 72.8 Å². The molecule has 3 fully saturated rings. The lowest BCUT2D eigenvalue weighted by molar-refractivity contribution is -0.134. The summed E-state index contributed by atoms with van der Waals surface area (Å²) >= 11 is 6.15. The van der Waals surface area contributed by atoms with Crippen LogP contribution in [-0.4, -0.2) is 102 Å². The number of benzene rings is 4. The smallest absolute Gasteiger partial charge is 0.255 e. The number of rotatable bonds is 14. The normalized spacial score (nSPS) is 17.5. The third-order valence-electron chi connectivity index (χ3n) is 11.8. The molecule has 326 valence electrons. The molecule has 8 rings (SSSR count). The number of aromatic nitrogens is 2. The number of halogens is 2. The molecule has 1 atom stereocenters. The highest BCUT2D eigenvalue weighted by atomic mass is 35.5. The summed E-state index contributed by atoms with van der Waals surface area (Å²) in [5, 5.41) is 14.9. The number of imide groups is 1. The van der Waals surface area contributed by atoms with Gasteiger partial charge < -0.3 is 31.1 Å². The Morgan fingerprint density at radius 2 is 1.38 bits per heavy atom. The van der Waals surface area contributed by atoms with Crippen LogP contribution in [0.5, 0.6) is 0 Å². The summed E-state index contributed by atoms with van der Waals surface area (Å²) < 4.78 is 14.7. The average molecular weight is 873 g/mol. The number of hydrogen-bond acceptors (Lipinski definition) is 11. The van der Waals surface area contributed by atoms with Gasteiger partial charge in [-0.05, 0) is 117 Å². The number of carbonyl (C=O) groups excluding carboxylic acids is 4. The SMILES string of the molecule is O=C1CCC(c2ccc(N3CCN(CCCN4CCC(NC(=O)c5ccc(Nc6ncc(F)c(Nc7ccc(C(=O)Nc8ccccc8Cl)cc7)n6)cc5)CC4)CC3)cc2)C(=O)N1. The minimum Gasteiger partial charge on any atom is -0.369 e. The third kappa shape index (κ3) is 11.3. The van der Waals surface area contributed by atoms with Crippen molar-refractivity contribution in [3.05, 3.63) is 131 Å². The van der Waals surface area contributed by atoms with Crippen molar-refractivity contribution in [3.8, 4) is 0 Å². The maximum Gasteiger partial charge on any atom is 0.255 e. The highest BCUT2D eigenvalue weighted by Gasteiger charge is 2.28. The molecule has 0 radical (unpaired) electrons. The summed E-state index contributed by atoms with van der Waals surface area (Å²) in [6.07, 6.45) is 4.90. The van der Waals surface area contributed by atoms with Gasteiger partial charge in [-0.15, -0.1) is 0 Å². The van der Waals surface area contributed by atoms with E-state index >= 15 is 0 Å². The Bertz CT molecular complexity index is 2410. The van der Waals surface area contributed by atoms with Gasteiger partial charge in [-0.1, -0.05) is 35.9 Å². The zero-order chi connectivity index (χ0) is 43.7. The number of likely N-dealkylation sites (tertiary alicyclic amines) is 1. The summed E-state index contributed by atoms with van der Waals surface area (Å²) in [4.78, 5) is 65.4. The number of anilines is 6. The van der Waals surface area contributed by atoms with E-state index in [1.165, 1.54) is 0 Å². The summed E-state index contributed by atoms with van der Waals surface area (Å²) in [7, 11) is 0. The lowest BCUT2D eigenvalue weighted by Gasteiger charge is -2.37. The molecular formula is C47H50ClFN10O4. The monoisotopic (exact) mass is 872 g/mol. The molecule has 3 aliphatic heterocycles. The van der Waals surface area contributed by atoms with Gasteiger partial charge in [0.25, 0.3) is 11.8 Å². The molecule has 14 nitrogen and oxygen atoms in total. The van der Waals surface area contributed by atoms with Gasteiger partial charge in [-0.3, -0.25) is 29.4 Å². The molecule has 0 spiro atoms. The molecule has 63 heavy (non-hydrogen) atoms. The number of nitrogens with zero attached hydrogens (tertiary/aromatic N) is 5. The number of carbonyl (C=O) groups is 4. The van der Waals surface area contributed by atoms with Gasteiger partial charge in [0.1, 0.15) is 0 Å². The molecule has 0 saturated carbocycles. The van der Waals surface area contributed by atoms with Crippen LogP contribution in [0.2, 0.25) is 5.02 Å². The van der Waals surface area contributed by atoms with Gasteiger partial charge in [0.2, 0.25) is 17.8 Å². The topological polar surface area (TPSA) is 164 Å². The van der Waals surface area contributed by atoms with E-state index in [9.17, 15) is 23.6 Å². The Hall–Kier alpha value is -6.42. The molecule has 4 aromatic carbocycles. The molecule has 3 saturated heterocycles. The minimum atomic E-state index is -0.653. The molecule has 0 bridgehead atoms. The largest absolute Gasteiger partial charge is 0.369 e. The van der Waals surface area contributed by atoms with E-state index in [0.717, 1.165) is 89.1 Å². The summed E-state index contributed by atoms with van der Waals surface area (Å²) in [6, 6.07) is 28.8.